The Morgan fingerprint density at radius 3 is 1.27 bits per heavy atom. The van der Waals surface area contributed by atoms with Crippen LogP contribution in [0.5, 0.6) is 0 Å². The van der Waals surface area contributed by atoms with Gasteiger partial charge < -0.3 is 18.4 Å². The van der Waals surface area contributed by atoms with Crippen molar-refractivity contribution in [3.63, 3.8) is 0 Å². The number of esters is 2. The van der Waals surface area contributed by atoms with Gasteiger partial charge >= 0.3 is 11.9 Å². The van der Waals surface area contributed by atoms with E-state index in [1.807, 2.05) is 0 Å². The summed E-state index contributed by atoms with van der Waals surface area (Å²) in [6.45, 7) is 14.9. The van der Waals surface area contributed by atoms with Crippen LogP contribution < -0.4 is 0 Å². The van der Waals surface area contributed by atoms with E-state index in [9.17, 15) is 9.59 Å². The van der Waals surface area contributed by atoms with E-state index in [4.69, 9.17) is 9.47 Å². The van der Waals surface area contributed by atoms with Crippen LogP contribution in [0.25, 0.3) is 0 Å². The first-order valence-electron chi connectivity index (χ1n) is 9.15. The first-order valence-corrected chi connectivity index (χ1v) is 9.15. The van der Waals surface area contributed by atoms with Gasteiger partial charge in [0.2, 0.25) is 0 Å². The molecule has 0 heterocycles. The number of hydrogen-bond acceptors (Lipinski definition) is 4. The Kier molecular flexibility index (Phi) is 10.4. The molecular weight excluding hydrogens is 332 g/mol. The zero-order valence-electron chi connectivity index (χ0n) is 17.6. The number of carbonyl (C=O) groups is 2. The van der Waals surface area contributed by atoms with Crippen LogP contribution >= 0.6 is 0 Å². The second kappa shape index (κ2) is 11.1. The average molecular weight is 371 g/mol. The maximum absolute atomic E-state index is 11.4. The number of quaternary nitrogens is 2. The third kappa shape index (κ3) is 11.8. The third-order valence-electron chi connectivity index (χ3n) is 4.33. The molecule has 0 aliphatic carbocycles. The molecule has 0 amide bonds. The first kappa shape index (κ1) is 24.3. The Morgan fingerprint density at radius 1 is 0.692 bits per heavy atom. The van der Waals surface area contributed by atoms with Crippen LogP contribution in [0.2, 0.25) is 0 Å². The van der Waals surface area contributed by atoms with Gasteiger partial charge in [-0.05, 0) is 13.8 Å². The lowest BCUT2D eigenvalue weighted by Crippen LogP contribution is -2.45. The number of rotatable bonds is 13. The zero-order valence-corrected chi connectivity index (χ0v) is 17.6. The van der Waals surface area contributed by atoms with Crippen molar-refractivity contribution in [1.29, 1.82) is 0 Å². The normalized spacial score (nSPS) is 11.8. The molecule has 6 nitrogen and oxygen atoms in total. The molecule has 0 aromatic heterocycles. The minimum atomic E-state index is -0.323. The Morgan fingerprint density at radius 2 is 1.00 bits per heavy atom. The summed E-state index contributed by atoms with van der Waals surface area (Å²) in [7, 11) is 8.58. The number of carbonyl (C=O) groups excluding carboxylic acids is 2. The standard InChI is InChI=1S/C20H38N2O4/c1-17(2)19(23)25-15-13-21(5,6)11-9-10-12-22(7,8)14-16-26-20(24)18(3)4/h1,3,9-16H2,2,4-8H3/q+2. The molecule has 6 heteroatoms. The molecule has 0 N–H and O–H groups in total. The van der Waals surface area contributed by atoms with Crippen molar-refractivity contribution < 1.29 is 28.0 Å². The molecule has 0 aromatic carbocycles. The molecule has 0 rings (SSSR count). The van der Waals surface area contributed by atoms with Crippen molar-refractivity contribution in [1.82, 2.24) is 0 Å². The monoisotopic (exact) mass is 370 g/mol. The summed E-state index contributed by atoms with van der Waals surface area (Å²) in [6, 6.07) is 0. The Bertz CT molecular complexity index is 464. The van der Waals surface area contributed by atoms with Crippen molar-refractivity contribution >= 4 is 11.9 Å². The van der Waals surface area contributed by atoms with Gasteiger partial charge in [-0.1, -0.05) is 13.2 Å². The second-order valence-corrected chi connectivity index (χ2v) is 8.31. The largest absolute Gasteiger partial charge is 0.456 e. The van der Waals surface area contributed by atoms with Crippen molar-refractivity contribution in [3.05, 3.63) is 24.3 Å². The molecule has 0 aliphatic heterocycles. The van der Waals surface area contributed by atoms with E-state index in [1.54, 1.807) is 13.8 Å². The van der Waals surface area contributed by atoms with E-state index >= 15 is 0 Å². The second-order valence-electron chi connectivity index (χ2n) is 8.31. The van der Waals surface area contributed by atoms with E-state index in [1.165, 1.54) is 0 Å². The molecule has 0 unspecified atom stereocenters. The number of hydrogen-bond donors (Lipinski definition) is 0. The fraction of sp³-hybridized carbons (Fsp3) is 0.700. The molecule has 0 aromatic rings. The predicted octanol–water partition coefficient (Wildman–Crippen LogP) is 2.16. The zero-order chi connectivity index (χ0) is 20.4. The van der Waals surface area contributed by atoms with Crippen LogP contribution in [0.15, 0.2) is 24.3 Å². The Hall–Kier alpha value is -1.66. The highest BCUT2D eigenvalue weighted by atomic mass is 16.5. The van der Waals surface area contributed by atoms with Gasteiger partial charge in [0, 0.05) is 24.0 Å². The van der Waals surface area contributed by atoms with Crippen molar-refractivity contribution in [3.8, 4) is 0 Å². The molecule has 0 spiro atoms. The van der Waals surface area contributed by atoms with Crippen LogP contribution in [-0.4, -0.2) is 88.5 Å². The highest BCUT2D eigenvalue weighted by Crippen LogP contribution is 2.07. The van der Waals surface area contributed by atoms with Gasteiger partial charge in [-0.15, -0.1) is 0 Å². The fourth-order valence-corrected chi connectivity index (χ4v) is 2.32. The lowest BCUT2D eigenvalue weighted by Gasteiger charge is -2.32. The van der Waals surface area contributed by atoms with Gasteiger partial charge in [0.05, 0.1) is 41.3 Å². The Labute approximate surface area is 159 Å². The maximum Gasteiger partial charge on any atom is 0.333 e. The molecular formula is C20H38N2O4+2. The van der Waals surface area contributed by atoms with Crippen LogP contribution in [0, 0.1) is 0 Å². The SMILES string of the molecule is C=C(C)C(=O)OCC[N+](C)(C)CCCC[N+](C)(C)CCOC(=O)C(=C)C. The summed E-state index contributed by atoms with van der Waals surface area (Å²) >= 11 is 0. The van der Waals surface area contributed by atoms with Gasteiger partial charge in [0.1, 0.15) is 26.3 Å². The van der Waals surface area contributed by atoms with E-state index in [2.05, 4.69) is 41.3 Å². The van der Waals surface area contributed by atoms with Crippen molar-refractivity contribution in [2.45, 2.75) is 26.7 Å². The van der Waals surface area contributed by atoms with E-state index in [0.717, 1.165) is 48.0 Å². The van der Waals surface area contributed by atoms with Gasteiger partial charge in [0.25, 0.3) is 0 Å². The van der Waals surface area contributed by atoms with Crippen LogP contribution in [0.4, 0.5) is 0 Å². The minimum Gasteiger partial charge on any atom is -0.456 e. The van der Waals surface area contributed by atoms with Crippen molar-refractivity contribution in [2.75, 3.05) is 67.6 Å². The topological polar surface area (TPSA) is 52.6 Å². The van der Waals surface area contributed by atoms with Crippen LogP contribution in [-0.2, 0) is 19.1 Å². The fourth-order valence-electron chi connectivity index (χ4n) is 2.32. The smallest absolute Gasteiger partial charge is 0.333 e. The maximum atomic E-state index is 11.4. The number of nitrogens with zero attached hydrogens (tertiary/aromatic N) is 2. The van der Waals surface area contributed by atoms with Gasteiger partial charge in [0.15, 0.2) is 0 Å². The summed E-state index contributed by atoms with van der Waals surface area (Å²) in [5, 5.41) is 0. The Balaban J connectivity index is 3.99. The van der Waals surface area contributed by atoms with Gasteiger partial charge in [-0.2, -0.15) is 0 Å². The number of ether oxygens (including phenoxy) is 2. The molecule has 150 valence electrons. The summed E-state index contributed by atoms with van der Waals surface area (Å²) < 4.78 is 12.0. The highest BCUT2D eigenvalue weighted by Gasteiger charge is 2.19. The number of likely N-dealkylation sites (N-methyl/N-ethyl adjacent to an activating group) is 2. The third-order valence-corrected chi connectivity index (χ3v) is 4.33. The van der Waals surface area contributed by atoms with Crippen LogP contribution in [0.3, 0.4) is 0 Å². The molecule has 0 radical (unpaired) electrons. The van der Waals surface area contributed by atoms with Crippen molar-refractivity contribution in [2.24, 2.45) is 0 Å². The summed E-state index contributed by atoms with van der Waals surface area (Å²) in [5.74, 6) is -0.646. The molecule has 0 atom stereocenters. The lowest BCUT2D eigenvalue weighted by atomic mass is 10.2. The summed E-state index contributed by atoms with van der Waals surface area (Å²) in [5.41, 5.74) is 0.869. The average Bonchev–Trinajstić information content (AvgIpc) is 2.50. The molecule has 0 bridgehead atoms. The highest BCUT2D eigenvalue weighted by molar-refractivity contribution is 5.87. The molecule has 0 aliphatic rings. The molecule has 0 saturated carbocycles. The summed E-state index contributed by atoms with van der Waals surface area (Å²) in [6.07, 6.45) is 2.18. The molecule has 0 saturated heterocycles. The van der Waals surface area contributed by atoms with E-state index in [0.29, 0.717) is 24.4 Å². The summed E-state index contributed by atoms with van der Waals surface area (Å²) in [4.78, 5) is 22.8. The van der Waals surface area contributed by atoms with E-state index in [-0.39, 0.29) is 11.9 Å². The van der Waals surface area contributed by atoms with Gasteiger partial charge in [-0.3, -0.25) is 0 Å². The predicted molar refractivity (Wildman–Crippen MR) is 104 cm³/mol. The quantitative estimate of drug-likeness (QED) is 0.216. The van der Waals surface area contributed by atoms with Gasteiger partial charge in [-0.25, -0.2) is 9.59 Å². The van der Waals surface area contributed by atoms with Crippen LogP contribution in [0.1, 0.15) is 26.7 Å². The lowest BCUT2D eigenvalue weighted by molar-refractivity contribution is -0.897. The number of unbranched alkanes of at least 4 members (excludes halogenated alkanes) is 1. The van der Waals surface area contributed by atoms with E-state index < -0.39 is 0 Å². The minimum absolute atomic E-state index is 0.323. The first-order chi connectivity index (χ1) is 11.9. The molecule has 26 heavy (non-hydrogen) atoms. The molecule has 0 fully saturated rings.